The Hall–Kier alpha value is -3.78. The molecule has 6 nitrogen and oxygen atoms in total. The molecule has 2 atom stereocenters. The largest absolute Gasteiger partial charge is 0.405 e. The maximum atomic E-state index is 15.6. The van der Waals surface area contributed by atoms with Gasteiger partial charge in [-0.2, -0.15) is 13.2 Å². The van der Waals surface area contributed by atoms with Crippen LogP contribution in [0.2, 0.25) is 0 Å². The summed E-state index contributed by atoms with van der Waals surface area (Å²) in [4.78, 5) is 32.2. The maximum Gasteiger partial charge on any atom is 0.405 e. The van der Waals surface area contributed by atoms with Gasteiger partial charge in [0.1, 0.15) is 23.7 Å². The van der Waals surface area contributed by atoms with Gasteiger partial charge in [-0.1, -0.05) is 18.2 Å². The lowest BCUT2D eigenvalue weighted by Gasteiger charge is -2.33. The molecule has 0 bridgehead atoms. The number of nitrogens with one attached hydrogen (secondary N) is 3. The molecule has 2 aromatic carbocycles. The quantitative estimate of drug-likeness (QED) is 0.241. The molecule has 2 amide bonds. The van der Waals surface area contributed by atoms with Crippen molar-refractivity contribution < 1.29 is 49.1 Å². The fourth-order valence-electron chi connectivity index (χ4n) is 5.03. The van der Waals surface area contributed by atoms with E-state index < -0.39 is 96.7 Å². The predicted molar refractivity (Wildman–Crippen MR) is 132 cm³/mol. The van der Waals surface area contributed by atoms with Crippen molar-refractivity contribution in [2.24, 2.45) is 5.92 Å². The van der Waals surface area contributed by atoms with Crippen molar-refractivity contribution in [3.63, 3.8) is 0 Å². The van der Waals surface area contributed by atoms with Gasteiger partial charge in [-0.3, -0.25) is 9.59 Å². The van der Waals surface area contributed by atoms with Crippen LogP contribution in [-0.2, 0) is 4.79 Å². The molecule has 3 N–H and O–H groups in total. The molecule has 0 aliphatic heterocycles. The lowest BCUT2D eigenvalue weighted by atomic mass is 9.81. The molecule has 0 saturated heterocycles. The highest BCUT2D eigenvalue weighted by molar-refractivity contribution is 5.94. The van der Waals surface area contributed by atoms with Crippen LogP contribution in [0, 0.1) is 17.6 Å². The van der Waals surface area contributed by atoms with E-state index in [0.29, 0.717) is 0 Å². The molecule has 3 aromatic rings. The number of carbonyl (C=O) groups excluding carboxylic acids is 2. The Morgan fingerprint density at radius 1 is 1.05 bits per heavy atom. The van der Waals surface area contributed by atoms with Crippen LogP contribution in [-0.4, -0.2) is 46.9 Å². The highest BCUT2D eigenvalue weighted by atomic mass is 19.4. The molecule has 228 valence electrons. The monoisotopic (exact) mass is 608 g/mol. The summed E-state index contributed by atoms with van der Waals surface area (Å²) in [6.45, 7) is -1.81. The summed E-state index contributed by atoms with van der Waals surface area (Å²) in [6, 6.07) is 6.01. The molecular formula is C27H25F9N4O2. The van der Waals surface area contributed by atoms with Crippen LogP contribution in [0.1, 0.15) is 65.8 Å². The number of hydrogen-bond acceptors (Lipinski definition) is 3. The molecule has 1 fully saturated rings. The Labute approximate surface area is 233 Å². The topological polar surface area (TPSA) is 86.9 Å². The Kier molecular flexibility index (Phi) is 9.06. The number of rotatable bonds is 9. The maximum absolute atomic E-state index is 15.6. The zero-order valence-electron chi connectivity index (χ0n) is 21.7. The number of imidazole rings is 1. The first-order valence-electron chi connectivity index (χ1n) is 12.9. The van der Waals surface area contributed by atoms with E-state index in [-0.39, 0.29) is 29.7 Å². The second-order valence-corrected chi connectivity index (χ2v) is 10.1. The van der Waals surface area contributed by atoms with E-state index in [0.717, 1.165) is 12.1 Å². The lowest BCUT2D eigenvalue weighted by Crippen LogP contribution is -2.38. The van der Waals surface area contributed by atoms with Crippen molar-refractivity contribution in [3.05, 3.63) is 65.0 Å². The number of benzene rings is 2. The second kappa shape index (κ2) is 12.2. The number of H-pyrrole nitrogens is 1. The van der Waals surface area contributed by atoms with Crippen LogP contribution in [0.3, 0.4) is 0 Å². The van der Waals surface area contributed by atoms with Gasteiger partial charge < -0.3 is 15.6 Å². The van der Waals surface area contributed by atoms with E-state index >= 15 is 4.39 Å². The fraction of sp³-hybridized carbons (Fsp3) is 0.444. The molecule has 15 heteroatoms. The van der Waals surface area contributed by atoms with Crippen LogP contribution >= 0.6 is 0 Å². The minimum Gasteiger partial charge on any atom is -0.346 e. The number of aromatic nitrogens is 2. The van der Waals surface area contributed by atoms with Crippen LogP contribution in [0.25, 0.3) is 11.0 Å². The summed E-state index contributed by atoms with van der Waals surface area (Å²) >= 11 is 0. The van der Waals surface area contributed by atoms with Gasteiger partial charge in [0.15, 0.2) is 5.82 Å². The van der Waals surface area contributed by atoms with Crippen molar-refractivity contribution >= 4 is 22.8 Å². The van der Waals surface area contributed by atoms with Crippen LogP contribution in [0.15, 0.2) is 36.4 Å². The van der Waals surface area contributed by atoms with Gasteiger partial charge in [-0.05, 0) is 37.0 Å². The first-order chi connectivity index (χ1) is 19.6. The van der Waals surface area contributed by atoms with E-state index in [1.54, 1.807) is 0 Å². The summed E-state index contributed by atoms with van der Waals surface area (Å²) in [6.07, 6.45) is -10.4. The smallest absolute Gasteiger partial charge is 0.346 e. The van der Waals surface area contributed by atoms with Crippen molar-refractivity contribution in [2.45, 2.75) is 62.6 Å². The number of aromatic amines is 1. The molecule has 42 heavy (non-hydrogen) atoms. The van der Waals surface area contributed by atoms with Gasteiger partial charge in [0, 0.05) is 24.8 Å². The Balaban J connectivity index is 1.70. The summed E-state index contributed by atoms with van der Waals surface area (Å²) in [5.41, 5.74) is -1.47. The van der Waals surface area contributed by atoms with Gasteiger partial charge in [-0.15, -0.1) is 0 Å². The van der Waals surface area contributed by atoms with Crippen molar-refractivity contribution in [1.29, 1.82) is 0 Å². The number of halogens is 9. The molecular weight excluding hydrogens is 583 g/mol. The third-order valence-electron chi connectivity index (χ3n) is 7.14. The molecule has 2 unspecified atom stereocenters. The van der Waals surface area contributed by atoms with Gasteiger partial charge in [0.25, 0.3) is 5.91 Å². The third-order valence-corrected chi connectivity index (χ3v) is 7.14. The van der Waals surface area contributed by atoms with E-state index in [2.05, 4.69) is 15.3 Å². The zero-order chi connectivity index (χ0) is 30.8. The van der Waals surface area contributed by atoms with Crippen LogP contribution < -0.4 is 10.6 Å². The molecule has 1 aliphatic carbocycles. The minimum absolute atomic E-state index is 0.0240. The van der Waals surface area contributed by atoms with Gasteiger partial charge in [0.05, 0.1) is 23.0 Å². The van der Waals surface area contributed by atoms with E-state index in [4.69, 9.17) is 0 Å². The molecule has 1 aliphatic rings. The predicted octanol–water partition coefficient (Wildman–Crippen LogP) is 6.56. The summed E-state index contributed by atoms with van der Waals surface area (Å²) in [5, 5.41) is 4.06. The highest BCUT2D eigenvalue weighted by Gasteiger charge is 2.40. The minimum atomic E-state index is -4.84. The number of hydrogen-bond donors (Lipinski definition) is 3. The molecule has 0 radical (unpaired) electrons. The van der Waals surface area contributed by atoms with Gasteiger partial charge >= 0.3 is 6.18 Å². The Bertz CT molecular complexity index is 1430. The number of nitrogens with zero attached hydrogens (tertiary/aromatic N) is 1. The van der Waals surface area contributed by atoms with Crippen LogP contribution in [0.5, 0.6) is 0 Å². The van der Waals surface area contributed by atoms with E-state index in [1.165, 1.54) is 29.6 Å². The summed E-state index contributed by atoms with van der Waals surface area (Å²) in [7, 11) is 0. The van der Waals surface area contributed by atoms with E-state index in [9.17, 15) is 44.7 Å². The molecule has 1 heterocycles. The highest BCUT2D eigenvalue weighted by Crippen LogP contribution is 2.41. The standard InChI is InChI=1S/C27H25F9N4O2/c28-17-4-2-1-3-15(17)25(42)40-21(13-7-9-26(32,33)10-8-13)23-38-18-6-5-14(20(31)22(18)39-23)16(11-19(29)30)24(41)37-12-27(34,35)36/h1-6,13,16,19,21H,7-12H2,(H,37,41)(H,38,39)(H,40,42). The molecule has 0 spiro atoms. The number of amides is 2. The third kappa shape index (κ3) is 7.34. The first kappa shape index (κ1) is 31.2. The Morgan fingerprint density at radius 2 is 1.71 bits per heavy atom. The number of alkyl halides is 7. The van der Waals surface area contributed by atoms with Crippen molar-refractivity contribution in [1.82, 2.24) is 20.6 Å². The molecule has 1 aromatic heterocycles. The Morgan fingerprint density at radius 3 is 2.33 bits per heavy atom. The number of carbonyl (C=O) groups is 2. The van der Waals surface area contributed by atoms with Crippen LogP contribution in [0.4, 0.5) is 39.5 Å². The fourth-order valence-corrected chi connectivity index (χ4v) is 5.03. The summed E-state index contributed by atoms with van der Waals surface area (Å²) < 4.78 is 122. The average molecular weight is 609 g/mol. The van der Waals surface area contributed by atoms with E-state index in [1.807, 2.05) is 0 Å². The normalized spacial score (nSPS) is 17.3. The average Bonchev–Trinajstić information content (AvgIpc) is 3.34. The SMILES string of the molecule is O=C(NC(c1nc2c(F)c(C(CC(F)F)C(=O)NCC(F)(F)F)ccc2[nH]1)C1CCC(F)(F)CC1)c1ccccc1F. The van der Waals surface area contributed by atoms with Gasteiger partial charge in [-0.25, -0.2) is 31.3 Å². The van der Waals surface area contributed by atoms with Gasteiger partial charge in [0.2, 0.25) is 18.3 Å². The lowest BCUT2D eigenvalue weighted by molar-refractivity contribution is -0.139. The van der Waals surface area contributed by atoms with Crippen molar-refractivity contribution in [3.8, 4) is 0 Å². The number of fused-ring (bicyclic) bond motifs is 1. The molecule has 1 saturated carbocycles. The molecule has 4 rings (SSSR count). The van der Waals surface area contributed by atoms with Crippen molar-refractivity contribution in [2.75, 3.05) is 6.54 Å². The second-order valence-electron chi connectivity index (χ2n) is 10.1. The zero-order valence-corrected chi connectivity index (χ0v) is 21.7. The summed E-state index contributed by atoms with van der Waals surface area (Å²) in [5.74, 6) is -10.1. The first-order valence-corrected chi connectivity index (χ1v) is 12.9.